The molecule has 0 radical (unpaired) electrons. The second kappa shape index (κ2) is 2.60. The van der Waals surface area contributed by atoms with Gasteiger partial charge < -0.3 is 0 Å². The fourth-order valence-corrected chi connectivity index (χ4v) is 14.6. The van der Waals surface area contributed by atoms with E-state index in [1.165, 1.54) is 20.2 Å². The van der Waals surface area contributed by atoms with E-state index in [0.717, 1.165) is 0 Å². The van der Waals surface area contributed by atoms with Crippen molar-refractivity contribution < 1.29 is 17.1 Å². The topological polar surface area (TPSA) is 52.6 Å². The van der Waals surface area contributed by atoms with Crippen LogP contribution in [0.15, 0.2) is 0 Å². The molecular formula is C4H4GeO4S2. The van der Waals surface area contributed by atoms with Crippen LogP contribution in [-0.4, -0.2) is 35.1 Å². The van der Waals surface area contributed by atoms with E-state index in [4.69, 9.17) is 7.53 Å². The molecule has 4 nitrogen and oxygen atoms in total. The molecule has 0 aromatic carbocycles. The Morgan fingerprint density at radius 2 is 1.55 bits per heavy atom. The summed E-state index contributed by atoms with van der Waals surface area (Å²) < 4.78 is 10.0. The molecular weight excluding hydrogens is 249 g/mol. The Kier molecular flexibility index (Phi) is 1.84. The summed E-state index contributed by atoms with van der Waals surface area (Å²) in [6.07, 6.45) is 0. The van der Waals surface area contributed by atoms with Gasteiger partial charge in [0.2, 0.25) is 0 Å². The molecule has 2 rings (SSSR count). The van der Waals surface area contributed by atoms with Crippen LogP contribution in [0.1, 0.15) is 0 Å². The SMILES string of the molecule is O=C1C[S][Ge]2([O]1)[O]C(=O)C[S]2. The molecule has 2 saturated heterocycles. The number of carbonyl (C=O) groups excluding carboxylic acids is 2. The standard InChI is InChI=1S/C4H4GeO4S2/c6-3-1-10-5(8-3)9-4(7)2-11-5/h1-2H2. The molecule has 0 amide bonds. The molecule has 0 aliphatic carbocycles. The van der Waals surface area contributed by atoms with Crippen LogP contribution in [0.4, 0.5) is 0 Å². The van der Waals surface area contributed by atoms with Crippen LogP contribution in [0.25, 0.3) is 0 Å². The Balaban J connectivity index is 2.13. The van der Waals surface area contributed by atoms with Crippen molar-refractivity contribution in [1.29, 1.82) is 0 Å². The van der Waals surface area contributed by atoms with Gasteiger partial charge in [0.15, 0.2) is 0 Å². The zero-order valence-electron chi connectivity index (χ0n) is 5.36. The van der Waals surface area contributed by atoms with Crippen LogP contribution in [0, 0.1) is 0 Å². The maximum absolute atomic E-state index is 10.7. The molecule has 0 N–H and O–H groups in total. The van der Waals surface area contributed by atoms with Gasteiger partial charge in [-0.25, -0.2) is 0 Å². The molecule has 0 bridgehead atoms. The molecule has 2 fully saturated rings. The second-order valence-corrected chi connectivity index (χ2v) is 16.7. The van der Waals surface area contributed by atoms with E-state index < -0.39 is 11.7 Å². The molecule has 11 heavy (non-hydrogen) atoms. The van der Waals surface area contributed by atoms with Gasteiger partial charge in [0.1, 0.15) is 0 Å². The normalized spacial score (nSPS) is 27.3. The number of carbonyl (C=O) groups is 2. The van der Waals surface area contributed by atoms with Gasteiger partial charge in [-0.05, 0) is 0 Å². The summed E-state index contributed by atoms with van der Waals surface area (Å²) in [6.45, 7) is 0. The minimum atomic E-state index is -2.96. The van der Waals surface area contributed by atoms with Crippen LogP contribution in [0.3, 0.4) is 0 Å². The molecule has 0 aromatic rings. The number of rotatable bonds is 0. The van der Waals surface area contributed by atoms with Gasteiger partial charge >= 0.3 is 72.4 Å². The quantitative estimate of drug-likeness (QED) is 0.566. The van der Waals surface area contributed by atoms with Crippen LogP contribution >= 0.6 is 20.2 Å². The summed E-state index contributed by atoms with van der Waals surface area (Å²) in [5.74, 6) is 0.218. The van der Waals surface area contributed by atoms with Gasteiger partial charge in [-0.3, -0.25) is 0 Å². The number of hydrogen-bond acceptors (Lipinski definition) is 6. The van der Waals surface area contributed by atoms with Gasteiger partial charge in [0.05, 0.1) is 0 Å². The summed E-state index contributed by atoms with van der Waals surface area (Å²) in [7, 11) is 2.80. The van der Waals surface area contributed by atoms with Gasteiger partial charge in [0.25, 0.3) is 0 Å². The zero-order valence-corrected chi connectivity index (χ0v) is 9.09. The molecule has 0 atom stereocenters. The van der Waals surface area contributed by atoms with Gasteiger partial charge in [-0.15, -0.1) is 0 Å². The predicted molar refractivity (Wildman–Crippen MR) is 42.9 cm³/mol. The third kappa shape index (κ3) is 1.39. The first kappa shape index (κ1) is 7.81. The Bertz CT molecular complexity index is 206. The van der Waals surface area contributed by atoms with Gasteiger partial charge in [-0.1, -0.05) is 0 Å². The Morgan fingerprint density at radius 3 is 1.82 bits per heavy atom. The fourth-order valence-electron chi connectivity index (χ4n) is 0.813. The Hall–Kier alpha value is 0.183. The van der Waals surface area contributed by atoms with E-state index >= 15 is 0 Å². The summed E-state index contributed by atoms with van der Waals surface area (Å²) in [4.78, 5) is 21.4. The van der Waals surface area contributed by atoms with Crippen LogP contribution in [0.2, 0.25) is 0 Å². The second-order valence-electron chi connectivity index (χ2n) is 2.03. The molecule has 0 saturated carbocycles. The molecule has 2 aliphatic rings. The van der Waals surface area contributed by atoms with Gasteiger partial charge in [-0.2, -0.15) is 0 Å². The van der Waals surface area contributed by atoms with Crippen molar-refractivity contribution in [1.82, 2.24) is 0 Å². The molecule has 2 aliphatic heterocycles. The van der Waals surface area contributed by atoms with E-state index in [1.54, 1.807) is 0 Å². The van der Waals surface area contributed by atoms with Crippen molar-refractivity contribution in [3.8, 4) is 0 Å². The van der Waals surface area contributed by atoms with E-state index in [9.17, 15) is 9.59 Å². The maximum atomic E-state index is 10.7. The molecule has 1 spiro atoms. The Labute approximate surface area is 72.4 Å². The van der Waals surface area contributed by atoms with Crippen molar-refractivity contribution in [2.45, 2.75) is 0 Å². The average Bonchev–Trinajstić information content (AvgIpc) is 2.44. The molecule has 0 aromatic heterocycles. The van der Waals surface area contributed by atoms with Crippen molar-refractivity contribution in [3.05, 3.63) is 0 Å². The summed E-state index contributed by atoms with van der Waals surface area (Å²) in [6, 6.07) is 0. The zero-order chi connectivity index (χ0) is 7.90. The van der Waals surface area contributed by atoms with Crippen molar-refractivity contribution in [2.75, 3.05) is 11.5 Å². The van der Waals surface area contributed by atoms with Gasteiger partial charge in [0, 0.05) is 0 Å². The monoisotopic (exact) mass is 254 g/mol. The first-order valence-corrected chi connectivity index (χ1v) is 11.7. The first-order valence-electron chi connectivity index (χ1n) is 2.92. The minimum absolute atomic E-state index is 0.239. The molecule has 0 unspecified atom stereocenters. The molecule has 60 valence electrons. The van der Waals surface area contributed by atoms with Crippen molar-refractivity contribution in [2.24, 2.45) is 0 Å². The summed E-state index contributed by atoms with van der Waals surface area (Å²) in [5, 5.41) is 0. The molecule has 2 heterocycles. The summed E-state index contributed by atoms with van der Waals surface area (Å²) >= 11 is -2.96. The predicted octanol–water partition coefficient (Wildman–Crippen LogP) is 0.00200. The first-order chi connectivity index (χ1) is 5.20. The summed E-state index contributed by atoms with van der Waals surface area (Å²) in [5.41, 5.74) is 0. The third-order valence-corrected chi connectivity index (χ3v) is 16.4. The van der Waals surface area contributed by atoms with Crippen LogP contribution in [-0.2, 0) is 17.1 Å². The van der Waals surface area contributed by atoms with E-state index in [1.807, 2.05) is 0 Å². The Morgan fingerprint density at radius 1 is 1.09 bits per heavy atom. The average molecular weight is 253 g/mol. The number of hydrogen-bond donors (Lipinski definition) is 0. The van der Waals surface area contributed by atoms with Crippen LogP contribution in [0.5, 0.6) is 0 Å². The van der Waals surface area contributed by atoms with E-state index in [0.29, 0.717) is 11.5 Å². The molecule has 7 heteroatoms. The van der Waals surface area contributed by atoms with E-state index in [2.05, 4.69) is 0 Å². The third-order valence-electron chi connectivity index (χ3n) is 1.21. The van der Waals surface area contributed by atoms with Crippen molar-refractivity contribution in [3.63, 3.8) is 0 Å². The van der Waals surface area contributed by atoms with Crippen molar-refractivity contribution >= 4 is 43.8 Å². The fraction of sp³-hybridized carbons (Fsp3) is 0.500. The van der Waals surface area contributed by atoms with Crippen LogP contribution < -0.4 is 0 Å². The van der Waals surface area contributed by atoms with E-state index in [-0.39, 0.29) is 11.9 Å².